The topological polar surface area (TPSA) is 101 Å². The van der Waals surface area contributed by atoms with Crippen molar-refractivity contribution in [1.29, 1.82) is 0 Å². The van der Waals surface area contributed by atoms with Gasteiger partial charge in [0.05, 0.1) is 23.8 Å². The van der Waals surface area contributed by atoms with Crippen LogP contribution >= 0.6 is 0 Å². The number of aryl methyl sites for hydroxylation is 2. The minimum absolute atomic E-state index is 0.138. The van der Waals surface area contributed by atoms with E-state index in [1.807, 2.05) is 38.5 Å². The first-order valence-electron chi connectivity index (χ1n) is 11.1. The number of likely N-dealkylation sites (tertiary alicyclic amines) is 1. The van der Waals surface area contributed by atoms with E-state index in [-0.39, 0.29) is 12.6 Å². The molecule has 2 N–H and O–H groups in total. The van der Waals surface area contributed by atoms with Crippen LogP contribution in [-0.4, -0.2) is 61.4 Å². The number of fused-ring (bicyclic) bond motifs is 1. The molecule has 1 aliphatic heterocycles. The summed E-state index contributed by atoms with van der Waals surface area (Å²) in [4.78, 5) is 19.8. The van der Waals surface area contributed by atoms with Crippen molar-refractivity contribution in [3.8, 4) is 5.75 Å². The highest BCUT2D eigenvalue weighted by molar-refractivity contribution is 5.32. The molecule has 5 rings (SSSR count). The predicted octanol–water partition coefficient (Wildman–Crippen LogP) is 2.58. The van der Waals surface area contributed by atoms with Gasteiger partial charge < -0.3 is 19.5 Å². The van der Waals surface area contributed by atoms with Crippen LogP contribution in [0.2, 0.25) is 0 Å². The van der Waals surface area contributed by atoms with Gasteiger partial charge >= 0.3 is 0 Å². The van der Waals surface area contributed by atoms with Crippen molar-refractivity contribution in [3.63, 3.8) is 0 Å². The Morgan fingerprint density at radius 1 is 1.19 bits per heavy atom. The summed E-state index contributed by atoms with van der Waals surface area (Å²) in [5.41, 5.74) is 3.22. The average molecular weight is 429 g/mol. The number of aliphatic hydroxyl groups is 1. The van der Waals surface area contributed by atoms with Gasteiger partial charge in [0.2, 0.25) is 0 Å². The molecule has 31 heavy (non-hydrogen) atoms. The third kappa shape index (κ3) is 5.07. The predicted molar refractivity (Wildman–Crippen MR) is 115 cm³/mol. The SMILES string of the molecule is Cc1ccc(O[C@@H]2C[C@@H]3CN(Cc4cncn4C4CC4)C[C@@H]3C[C@H]2O)c(C)n1.O=CO. The van der Waals surface area contributed by atoms with E-state index in [0.717, 1.165) is 49.6 Å². The maximum absolute atomic E-state index is 10.7. The number of hydrogen-bond donors (Lipinski definition) is 2. The molecule has 3 heterocycles. The van der Waals surface area contributed by atoms with Crippen LogP contribution in [0.4, 0.5) is 0 Å². The van der Waals surface area contributed by atoms with Crippen LogP contribution < -0.4 is 4.74 Å². The fraction of sp³-hybridized carbons (Fsp3) is 0.609. The summed E-state index contributed by atoms with van der Waals surface area (Å²) < 4.78 is 8.57. The van der Waals surface area contributed by atoms with E-state index in [9.17, 15) is 5.11 Å². The van der Waals surface area contributed by atoms with Crippen molar-refractivity contribution in [2.75, 3.05) is 13.1 Å². The summed E-state index contributed by atoms with van der Waals surface area (Å²) >= 11 is 0. The zero-order chi connectivity index (χ0) is 22.0. The minimum atomic E-state index is -0.404. The molecule has 1 saturated heterocycles. The minimum Gasteiger partial charge on any atom is -0.486 e. The summed E-state index contributed by atoms with van der Waals surface area (Å²) in [5.74, 6) is 1.95. The largest absolute Gasteiger partial charge is 0.486 e. The zero-order valence-electron chi connectivity index (χ0n) is 18.2. The normalized spacial score (nSPS) is 27.8. The maximum Gasteiger partial charge on any atom is 0.290 e. The van der Waals surface area contributed by atoms with Gasteiger partial charge in [0.1, 0.15) is 11.9 Å². The van der Waals surface area contributed by atoms with Gasteiger partial charge in [0, 0.05) is 37.6 Å². The van der Waals surface area contributed by atoms with Gasteiger partial charge in [-0.25, -0.2) is 4.98 Å². The summed E-state index contributed by atoms with van der Waals surface area (Å²) in [6.45, 7) is 6.82. The van der Waals surface area contributed by atoms with Crippen molar-refractivity contribution in [2.24, 2.45) is 11.8 Å². The zero-order valence-corrected chi connectivity index (χ0v) is 18.2. The standard InChI is InChI=1S/C22H30N4O2.CH2O2/c1-14-3-6-21(15(2)24-14)28-22-8-17-11-25(10-16(17)7-20(22)27)12-19-9-23-13-26(19)18-4-5-18;2-1-3/h3,6,9,13,16-18,20,22,27H,4-5,7-8,10-12H2,1-2H3;1H,(H,2,3)/t16-,17+,20+,22+;/m0./s1. The van der Waals surface area contributed by atoms with Crippen LogP contribution in [0.1, 0.15) is 48.8 Å². The summed E-state index contributed by atoms with van der Waals surface area (Å²) in [6, 6.07) is 4.63. The van der Waals surface area contributed by atoms with Gasteiger partial charge in [-0.2, -0.15) is 0 Å². The highest BCUT2D eigenvalue weighted by Gasteiger charge is 2.43. The first-order valence-corrected chi connectivity index (χ1v) is 11.1. The van der Waals surface area contributed by atoms with Crippen LogP contribution in [0.3, 0.4) is 0 Å². The Labute approximate surface area is 182 Å². The molecule has 0 bridgehead atoms. The number of carboxylic acid groups (broad SMARTS) is 1. The van der Waals surface area contributed by atoms with Crippen molar-refractivity contribution in [2.45, 2.75) is 64.3 Å². The fourth-order valence-corrected chi connectivity index (χ4v) is 5.07. The number of ether oxygens (including phenoxy) is 1. The molecule has 8 heteroatoms. The third-order valence-electron chi connectivity index (χ3n) is 6.69. The highest BCUT2D eigenvalue weighted by atomic mass is 16.5. The van der Waals surface area contributed by atoms with Crippen LogP contribution in [0.5, 0.6) is 5.75 Å². The summed E-state index contributed by atoms with van der Waals surface area (Å²) in [7, 11) is 0. The van der Waals surface area contributed by atoms with Crippen molar-refractivity contribution in [3.05, 3.63) is 41.7 Å². The molecule has 3 fully saturated rings. The number of hydrogen-bond acceptors (Lipinski definition) is 6. The molecule has 4 atom stereocenters. The second-order valence-corrected chi connectivity index (χ2v) is 9.07. The first-order chi connectivity index (χ1) is 15.0. The number of rotatable bonds is 5. The summed E-state index contributed by atoms with van der Waals surface area (Å²) in [5, 5.41) is 17.6. The highest BCUT2D eigenvalue weighted by Crippen LogP contribution is 2.40. The molecule has 0 radical (unpaired) electrons. The Morgan fingerprint density at radius 3 is 2.58 bits per heavy atom. The van der Waals surface area contributed by atoms with E-state index >= 15 is 0 Å². The van der Waals surface area contributed by atoms with Gasteiger partial charge in [-0.15, -0.1) is 0 Å². The van der Waals surface area contributed by atoms with E-state index < -0.39 is 6.10 Å². The Morgan fingerprint density at radius 2 is 1.90 bits per heavy atom. The van der Waals surface area contributed by atoms with Crippen molar-refractivity contribution >= 4 is 6.47 Å². The Bertz CT molecular complexity index is 897. The Kier molecular flexibility index (Phi) is 6.57. The van der Waals surface area contributed by atoms with E-state index in [2.05, 4.69) is 19.4 Å². The molecule has 8 nitrogen and oxygen atoms in total. The molecule has 0 amide bonds. The van der Waals surface area contributed by atoms with Crippen LogP contribution in [-0.2, 0) is 11.3 Å². The van der Waals surface area contributed by atoms with Gasteiger partial charge in [-0.1, -0.05) is 0 Å². The number of carbonyl (C=O) groups is 1. The first kappa shape index (κ1) is 21.8. The maximum atomic E-state index is 10.7. The molecule has 168 valence electrons. The Balaban J connectivity index is 0.000000730. The van der Waals surface area contributed by atoms with E-state index in [1.54, 1.807) is 0 Å². The lowest BCUT2D eigenvalue weighted by molar-refractivity contribution is -0.122. The Hall–Kier alpha value is -2.45. The molecule has 0 spiro atoms. The van der Waals surface area contributed by atoms with Crippen molar-refractivity contribution < 1.29 is 19.7 Å². The molecule has 2 aliphatic carbocycles. The van der Waals surface area contributed by atoms with Crippen LogP contribution in [0.25, 0.3) is 0 Å². The lowest BCUT2D eigenvalue weighted by Crippen LogP contribution is -2.42. The molecule has 2 aromatic rings. The molecule has 0 aromatic carbocycles. The number of nitrogens with zero attached hydrogens (tertiary/aromatic N) is 4. The van der Waals surface area contributed by atoms with Gasteiger partial charge in [0.15, 0.2) is 0 Å². The van der Waals surface area contributed by atoms with E-state index in [0.29, 0.717) is 17.9 Å². The number of aliphatic hydroxyl groups excluding tert-OH is 1. The molecule has 2 aromatic heterocycles. The quantitative estimate of drug-likeness (QED) is 0.706. The number of pyridine rings is 1. The fourth-order valence-electron chi connectivity index (χ4n) is 5.07. The lowest BCUT2D eigenvalue weighted by Gasteiger charge is -2.35. The molecular weight excluding hydrogens is 396 g/mol. The monoisotopic (exact) mass is 428 g/mol. The van der Waals surface area contributed by atoms with Crippen LogP contribution in [0.15, 0.2) is 24.7 Å². The average Bonchev–Trinajstić information content (AvgIpc) is 3.34. The number of aromatic nitrogens is 3. The van der Waals surface area contributed by atoms with Gasteiger partial charge in [-0.3, -0.25) is 14.7 Å². The van der Waals surface area contributed by atoms with E-state index in [4.69, 9.17) is 14.6 Å². The van der Waals surface area contributed by atoms with Gasteiger partial charge in [-0.05, 0) is 63.5 Å². The third-order valence-corrected chi connectivity index (χ3v) is 6.69. The molecule has 2 saturated carbocycles. The summed E-state index contributed by atoms with van der Waals surface area (Å²) in [6.07, 6.45) is 7.78. The molecule has 0 unspecified atom stereocenters. The van der Waals surface area contributed by atoms with Gasteiger partial charge in [0.25, 0.3) is 6.47 Å². The van der Waals surface area contributed by atoms with Crippen LogP contribution in [0, 0.1) is 25.7 Å². The van der Waals surface area contributed by atoms with Crippen molar-refractivity contribution in [1.82, 2.24) is 19.4 Å². The molecule has 3 aliphatic rings. The lowest BCUT2D eigenvalue weighted by atomic mass is 9.78. The second-order valence-electron chi connectivity index (χ2n) is 9.07. The number of imidazole rings is 1. The second kappa shape index (κ2) is 9.36. The van der Waals surface area contributed by atoms with E-state index in [1.165, 1.54) is 18.5 Å². The smallest absolute Gasteiger partial charge is 0.290 e. The molecular formula is C23H32N4O4.